The molecule has 0 fully saturated rings. The van der Waals surface area contributed by atoms with Gasteiger partial charge in [-0.1, -0.05) is 67.3 Å². The van der Waals surface area contributed by atoms with Crippen LogP contribution in [0.5, 0.6) is 11.5 Å². The summed E-state index contributed by atoms with van der Waals surface area (Å²) in [5, 5.41) is 22.3. The molecule has 1 unspecified atom stereocenters. The van der Waals surface area contributed by atoms with E-state index in [0.717, 1.165) is 16.8 Å². The van der Waals surface area contributed by atoms with Crippen molar-refractivity contribution >= 4 is 39.9 Å². The Balaban J connectivity index is 1.29. The topological polar surface area (TPSA) is 143 Å². The van der Waals surface area contributed by atoms with Crippen LogP contribution in [-0.4, -0.2) is 48.4 Å². The molecule has 0 saturated heterocycles. The predicted molar refractivity (Wildman–Crippen MR) is 175 cm³/mol. The number of ether oxygens (including phenoxy) is 2. The van der Waals surface area contributed by atoms with E-state index in [0.29, 0.717) is 70.3 Å². The second kappa shape index (κ2) is 14.2. The second-order valence-corrected chi connectivity index (χ2v) is 13.2. The van der Waals surface area contributed by atoms with E-state index in [1.165, 1.54) is 28.7 Å². The highest BCUT2D eigenvalue weighted by Gasteiger charge is 2.41. The van der Waals surface area contributed by atoms with Crippen molar-refractivity contribution in [1.29, 1.82) is 5.26 Å². The maximum atomic E-state index is 13.4. The number of thioether (sulfide) groups is 1. The third-order valence-corrected chi connectivity index (χ3v) is 9.99. The molecule has 234 valence electrons. The lowest BCUT2D eigenvalue weighted by Gasteiger charge is -2.38. The normalized spacial score (nSPS) is 16.5. The summed E-state index contributed by atoms with van der Waals surface area (Å²) in [5.74, 6) is 1.44. The van der Waals surface area contributed by atoms with Crippen molar-refractivity contribution in [3.63, 3.8) is 0 Å². The molecule has 0 radical (unpaired) electrons. The van der Waals surface area contributed by atoms with Gasteiger partial charge >= 0.3 is 0 Å². The van der Waals surface area contributed by atoms with Gasteiger partial charge in [0.1, 0.15) is 5.82 Å². The number of benzene rings is 2. The third-order valence-electron chi connectivity index (χ3n) is 7.95. The number of carbonyl (C=O) groups is 2. The highest BCUT2D eigenvalue weighted by atomic mass is 32.2. The van der Waals surface area contributed by atoms with Crippen molar-refractivity contribution in [2.24, 2.45) is 5.73 Å². The van der Waals surface area contributed by atoms with E-state index >= 15 is 0 Å². The number of rotatable bonds is 11. The van der Waals surface area contributed by atoms with Crippen LogP contribution in [0, 0.1) is 11.3 Å². The van der Waals surface area contributed by atoms with E-state index in [4.69, 9.17) is 15.2 Å². The fraction of sp³-hybridized carbons (Fsp3) is 0.364. The lowest BCUT2D eigenvalue weighted by Crippen LogP contribution is -2.38. The van der Waals surface area contributed by atoms with E-state index in [-0.39, 0.29) is 23.3 Å². The van der Waals surface area contributed by atoms with Gasteiger partial charge in [-0.05, 0) is 54.0 Å². The first-order valence-corrected chi connectivity index (χ1v) is 16.6. The molecule has 1 amide bonds. The number of Topliss-reactive ketones (excluding diaryl/α,β-unsaturated/α-hetero) is 1. The third kappa shape index (κ3) is 6.84. The summed E-state index contributed by atoms with van der Waals surface area (Å²) in [4.78, 5) is 27.7. The Morgan fingerprint density at radius 2 is 1.91 bits per heavy atom. The molecule has 2 heterocycles. The number of methoxy groups -OCH3 is 2. The van der Waals surface area contributed by atoms with Crippen LogP contribution >= 0.6 is 23.1 Å². The maximum absolute atomic E-state index is 13.4. The summed E-state index contributed by atoms with van der Waals surface area (Å²) in [5.41, 5.74) is 11.4. The molecular weight excluding hydrogens is 609 g/mol. The standard InChI is InChI=1S/C33H36N6O4S2/c1-19(2)21-9-11-22(12-10-21)29-23(17-34)31(35)39(24-6-5-7-25(40)30(24)29)32-37-38-33(45-32)44-18-28(41)36-15-14-20-8-13-26(42-3)27(16-20)43-4/h8-13,16,19,29H,5-7,14-15,18,35H2,1-4H3,(H,36,41). The molecule has 12 heteroatoms. The minimum Gasteiger partial charge on any atom is -0.493 e. The Hall–Kier alpha value is -4.34. The van der Waals surface area contributed by atoms with Crippen LogP contribution in [0.1, 0.15) is 61.6 Å². The molecule has 3 N–H and O–H groups in total. The van der Waals surface area contributed by atoms with Crippen LogP contribution in [0.3, 0.4) is 0 Å². The number of ketones is 1. The fourth-order valence-corrected chi connectivity index (χ4v) is 7.33. The van der Waals surface area contributed by atoms with Gasteiger partial charge in [-0.2, -0.15) is 5.26 Å². The van der Waals surface area contributed by atoms with Crippen molar-refractivity contribution in [1.82, 2.24) is 15.5 Å². The zero-order valence-electron chi connectivity index (χ0n) is 25.8. The lowest BCUT2D eigenvalue weighted by molar-refractivity contribution is -0.118. The van der Waals surface area contributed by atoms with Crippen molar-refractivity contribution in [2.45, 2.75) is 55.7 Å². The number of aromatic nitrogens is 2. The smallest absolute Gasteiger partial charge is 0.230 e. The van der Waals surface area contributed by atoms with Gasteiger partial charge in [0.05, 0.1) is 37.5 Å². The first kappa shape index (κ1) is 32.1. The molecule has 0 spiro atoms. The van der Waals surface area contributed by atoms with E-state index in [1.807, 2.05) is 42.5 Å². The highest BCUT2D eigenvalue weighted by molar-refractivity contribution is 8.01. The zero-order valence-corrected chi connectivity index (χ0v) is 27.4. The number of anilines is 1. The van der Waals surface area contributed by atoms with Gasteiger partial charge in [0.2, 0.25) is 11.0 Å². The molecule has 5 rings (SSSR count). The molecule has 45 heavy (non-hydrogen) atoms. The minimum atomic E-state index is -0.528. The molecule has 2 aromatic carbocycles. The average molecular weight is 645 g/mol. The van der Waals surface area contributed by atoms with Crippen LogP contribution in [-0.2, 0) is 16.0 Å². The zero-order chi connectivity index (χ0) is 32.1. The Morgan fingerprint density at radius 1 is 1.16 bits per heavy atom. The van der Waals surface area contributed by atoms with E-state index in [9.17, 15) is 14.9 Å². The van der Waals surface area contributed by atoms with Crippen molar-refractivity contribution in [3.05, 3.63) is 81.8 Å². The fourth-order valence-electron chi connectivity index (χ4n) is 5.62. The number of carbonyl (C=O) groups excluding carboxylic acids is 2. The summed E-state index contributed by atoms with van der Waals surface area (Å²) in [7, 11) is 3.18. The molecule has 3 aromatic rings. The van der Waals surface area contributed by atoms with Crippen molar-refractivity contribution < 1.29 is 19.1 Å². The summed E-state index contributed by atoms with van der Waals surface area (Å²) in [6.07, 6.45) is 2.38. The van der Waals surface area contributed by atoms with Gasteiger partial charge < -0.3 is 20.5 Å². The number of nitrogens with two attached hydrogens (primary N) is 1. The summed E-state index contributed by atoms with van der Waals surface area (Å²) in [6.45, 7) is 4.72. The summed E-state index contributed by atoms with van der Waals surface area (Å²) >= 11 is 2.55. The van der Waals surface area contributed by atoms with Crippen molar-refractivity contribution in [2.75, 3.05) is 31.4 Å². The van der Waals surface area contributed by atoms with Gasteiger partial charge in [0.15, 0.2) is 21.6 Å². The second-order valence-electron chi connectivity index (χ2n) is 11.1. The van der Waals surface area contributed by atoms with Gasteiger partial charge in [-0.3, -0.25) is 14.5 Å². The molecule has 2 aliphatic rings. The number of allylic oxidation sites excluding steroid dienone is 3. The quantitative estimate of drug-likeness (QED) is 0.259. The number of amides is 1. The Morgan fingerprint density at radius 3 is 2.60 bits per heavy atom. The highest BCUT2D eigenvalue weighted by Crippen LogP contribution is 2.47. The first-order chi connectivity index (χ1) is 21.7. The molecule has 1 aromatic heterocycles. The van der Waals surface area contributed by atoms with Gasteiger partial charge in [-0.15, -0.1) is 10.2 Å². The van der Waals surface area contributed by atoms with Gasteiger partial charge in [-0.25, -0.2) is 0 Å². The summed E-state index contributed by atoms with van der Waals surface area (Å²) < 4.78 is 11.2. The number of hydrogen-bond acceptors (Lipinski definition) is 11. The van der Waals surface area contributed by atoms with Gasteiger partial charge in [0.25, 0.3) is 0 Å². The average Bonchev–Trinajstić information content (AvgIpc) is 3.51. The van der Waals surface area contributed by atoms with Gasteiger partial charge in [0, 0.05) is 24.2 Å². The van der Waals surface area contributed by atoms with E-state index in [2.05, 4.69) is 35.4 Å². The maximum Gasteiger partial charge on any atom is 0.230 e. The van der Waals surface area contributed by atoms with Crippen LogP contribution in [0.2, 0.25) is 0 Å². The lowest BCUT2D eigenvalue weighted by atomic mass is 9.75. The number of nitrogens with one attached hydrogen (secondary N) is 1. The van der Waals surface area contributed by atoms with Crippen LogP contribution in [0.4, 0.5) is 5.13 Å². The Labute approximate surface area is 271 Å². The van der Waals surface area contributed by atoms with Crippen LogP contribution < -0.4 is 25.4 Å². The Kier molecular flexibility index (Phi) is 10.1. The number of nitriles is 1. The molecule has 1 aliphatic carbocycles. The Bertz CT molecular complexity index is 1690. The molecule has 1 aliphatic heterocycles. The van der Waals surface area contributed by atoms with Crippen molar-refractivity contribution in [3.8, 4) is 17.6 Å². The minimum absolute atomic E-state index is 0.0169. The van der Waals surface area contributed by atoms with Crippen LogP contribution in [0.15, 0.2) is 69.5 Å². The van der Waals surface area contributed by atoms with E-state index < -0.39 is 5.92 Å². The molecule has 10 nitrogen and oxygen atoms in total. The monoisotopic (exact) mass is 644 g/mol. The number of hydrogen-bond donors (Lipinski definition) is 2. The SMILES string of the molecule is COc1ccc(CCNC(=O)CSc2nnc(N3C(N)=C(C#N)C(c4ccc(C(C)C)cc4)C4=C3CCCC4=O)s2)cc1OC. The van der Waals surface area contributed by atoms with E-state index in [1.54, 1.807) is 19.1 Å². The number of nitrogens with zero attached hydrogens (tertiary/aromatic N) is 4. The molecule has 1 atom stereocenters. The predicted octanol–water partition coefficient (Wildman–Crippen LogP) is 5.43. The first-order valence-electron chi connectivity index (χ1n) is 14.8. The largest absolute Gasteiger partial charge is 0.493 e. The molecule has 0 saturated carbocycles. The molecule has 0 bridgehead atoms. The summed E-state index contributed by atoms with van der Waals surface area (Å²) in [6, 6.07) is 16.0. The molecular formula is C33H36N6O4S2. The van der Waals surface area contributed by atoms with Crippen LogP contribution in [0.25, 0.3) is 0 Å².